The molecule has 0 N–H and O–H groups in total. The van der Waals surface area contributed by atoms with Gasteiger partial charge >= 0.3 is 5.97 Å². The minimum absolute atomic E-state index is 0.219. The molecule has 57 valence electrons. The number of ether oxygens (including phenoxy) is 1. The Bertz CT molecular complexity index is 127. The van der Waals surface area contributed by atoms with E-state index in [0.717, 1.165) is 12.8 Å². The van der Waals surface area contributed by atoms with E-state index in [2.05, 4.69) is 13.5 Å². The van der Waals surface area contributed by atoms with E-state index in [1.165, 1.54) is 0 Å². The van der Waals surface area contributed by atoms with Crippen LogP contribution in [0.1, 0.15) is 19.8 Å². The average Bonchev–Trinajstić information content (AvgIpc) is 1.88. The molecule has 0 amide bonds. The summed E-state index contributed by atoms with van der Waals surface area (Å²) in [5.74, 6) is -0.395. The first kappa shape index (κ1) is 9.21. The van der Waals surface area contributed by atoms with Crippen LogP contribution in [0, 0.1) is 6.92 Å². The molecule has 10 heavy (non-hydrogen) atoms. The Hall–Kier alpha value is -0.790. The average molecular weight is 141 g/mol. The molecule has 0 unspecified atom stereocenters. The minimum Gasteiger partial charge on any atom is -0.462 e. The molecule has 0 aliphatic carbocycles. The largest absolute Gasteiger partial charge is 0.462 e. The van der Waals surface area contributed by atoms with Crippen LogP contribution in [0.15, 0.2) is 12.2 Å². The molecule has 0 aliphatic heterocycles. The van der Waals surface area contributed by atoms with Crippen molar-refractivity contribution < 1.29 is 9.53 Å². The first-order valence-electron chi connectivity index (χ1n) is 3.36. The number of carbonyl (C=O) groups is 1. The van der Waals surface area contributed by atoms with Gasteiger partial charge < -0.3 is 4.74 Å². The molecule has 0 aliphatic rings. The highest BCUT2D eigenvalue weighted by molar-refractivity contribution is 5.88. The lowest BCUT2D eigenvalue weighted by atomic mass is 10.3. The van der Waals surface area contributed by atoms with Crippen molar-refractivity contribution in [3.8, 4) is 0 Å². The standard InChI is InChI=1S/C8H13O2/c1-4-5-6-10-8(9)7(2)3/h2-6H2,1H3. The van der Waals surface area contributed by atoms with E-state index >= 15 is 0 Å². The minimum atomic E-state index is -0.395. The smallest absolute Gasteiger partial charge is 0.333 e. The second kappa shape index (κ2) is 5.03. The Kier molecular flexibility index (Phi) is 4.63. The number of unbranched alkanes of at least 4 members (excludes halogenated alkanes) is 1. The van der Waals surface area contributed by atoms with E-state index in [1.54, 1.807) is 0 Å². The van der Waals surface area contributed by atoms with Gasteiger partial charge in [-0.3, -0.25) is 0 Å². The van der Waals surface area contributed by atoms with Gasteiger partial charge in [0.2, 0.25) is 0 Å². The number of esters is 1. The zero-order valence-corrected chi connectivity index (χ0v) is 6.35. The maximum absolute atomic E-state index is 10.6. The zero-order valence-electron chi connectivity index (χ0n) is 6.35. The second-order valence-electron chi connectivity index (χ2n) is 2.09. The SMILES string of the molecule is [CH2]C(=C)C(=O)OCCCC. The lowest BCUT2D eigenvalue weighted by molar-refractivity contribution is -0.138. The van der Waals surface area contributed by atoms with Gasteiger partial charge in [0.05, 0.1) is 6.61 Å². The van der Waals surface area contributed by atoms with Crippen molar-refractivity contribution in [1.29, 1.82) is 0 Å². The monoisotopic (exact) mass is 141 g/mol. The van der Waals surface area contributed by atoms with E-state index in [9.17, 15) is 4.79 Å². The molecule has 2 nitrogen and oxygen atoms in total. The Labute approximate surface area is 61.9 Å². The Morgan fingerprint density at radius 2 is 2.20 bits per heavy atom. The van der Waals surface area contributed by atoms with Gasteiger partial charge in [0.1, 0.15) is 0 Å². The molecular formula is C8H13O2. The summed E-state index contributed by atoms with van der Waals surface area (Å²) in [6.45, 7) is 9.21. The number of carbonyl (C=O) groups excluding carboxylic acids is 1. The summed E-state index contributed by atoms with van der Waals surface area (Å²) in [5.41, 5.74) is 0.219. The van der Waals surface area contributed by atoms with E-state index in [-0.39, 0.29) is 5.57 Å². The number of rotatable bonds is 4. The van der Waals surface area contributed by atoms with Crippen LogP contribution >= 0.6 is 0 Å². The van der Waals surface area contributed by atoms with E-state index < -0.39 is 5.97 Å². The van der Waals surface area contributed by atoms with Crippen molar-refractivity contribution in [3.05, 3.63) is 19.1 Å². The van der Waals surface area contributed by atoms with Crippen molar-refractivity contribution >= 4 is 5.97 Å². The van der Waals surface area contributed by atoms with Crippen molar-refractivity contribution in [3.63, 3.8) is 0 Å². The fraction of sp³-hybridized carbons (Fsp3) is 0.500. The lowest BCUT2D eigenvalue weighted by Gasteiger charge is -2.00. The summed E-state index contributed by atoms with van der Waals surface area (Å²) in [7, 11) is 0. The zero-order chi connectivity index (χ0) is 7.98. The molecule has 0 aromatic heterocycles. The van der Waals surface area contributed by atoms with E-state index in [0.29, 0.717) is 6.61 Å². The molecule has 0 aromatic carbocycles. The van der Waals surface area contributed by atoms with Crippen LogP contribution < -0.4 is 0 Å². The highest BCUT2D eigenvalue weighted by Crippen LogP contribution is 1.94. The van der Waals surface area contributed by atoms with Crippen LogP contribution in [0.2, 0.25) is 0 Å². The van der Waals surface area contributed by atoms with Crippen LogP contribution in [0.5, 0.6) is 0 Å². The van der Waals surface area contributed by atoms with Crippen molar-refractivity contribution in [1.82, 2.24) is 0 Å². The maximum atomic E-state index is 10.6. The summed E-state index contributed by atoms with van der Waals surface area (Å²) in [5, 5.41) is 0. The lowest BCUT2D eigenvalue weighted by Crippen LogP contribution is -2.05. The van der Waals surface area contributed by atoms with Gasteiger partial charge in [0.25, 0.3) is 0 Å². The molecule has 0 fully saturated rings. The molecule has 0 heterocycles. The summed E-state index contributed by atoms with van der Waals surface area (Å²) in [4.78, 5) is 10.6. The van der Waals surface area contributed by atoms with E-state index in [4.69, 9.17) is 4.74 Å². The van der Waals surface area contributed by atoms with Crippen LogP contribution in [0.25, 0.3) is 0 Å². The highest BCUT2D eigenvalue weighted by atomic mass is 16.5. The van der Waals surface area contributed by atoms with Gasteiger partial charge in [-0.15, -0.1) is 0 Å². The van der Waals surface area contributed by atoms with Crippen LogP contribution in [-0.2, 0) is 9.53 Å². The second-order valence-corrected chi connectivity index (χ2v) is 2.09. The highest BCUT2D eigenvalue weighted by Gasteiger charge is 2.00. The van der Waals surface area contributed by atoms with Gasteiger partial charge in [-0.05, 0) is 13.3 Å². The van der Waals surface area contributed by atoms with Crippen LogP contribution in [0.4, 0.5) is 0 Å². The topological polar surface area (TPSA) is 26.3 Å². The summed E-state index contributed by atoms with van der Waals surface area (Å²) < 4.78 is 4.74. The van der Waals surface area contributed by atoms with Gasteiger partial charge in [0.15, 0.2) is 0 Å². The van der Waals surface area contributed by atoms with Gasteiger partial charge in [0, 0.05) is 5.57 Å². The maximum Gasteiger partial charge on any atom is 0.333 e. The third-order valence-corrected chi connectivity index (χ3v) is 1.02. The molecule has 0 atom stereocenters. The molecule has 0 saturated carbocycles. The first-order chi connectivity index (χ1) is 4.68. The fourth-order valence-corrected chi connectivity index (χ4v) is 0.411. The molecule has 0 spiro atoms. The third-order valence-electron chi connectivity index (χ3n) is 1.02. The van der Waals surface area contributed by atoms with Crippen molar-refractivity contribution in [2.24, 2.45) is 0 Å². The normalized spacial score (nSPS) is 9.00. The quantitative estimate of drug-likeness (QED) is 0.338. The Balaban J connectivity index is 3.31. The Morgan fingerprint density at radius 1 is 1.60 bits per heavy atom. The number of hydrogen-bond acceptors (Lipinski definition) is 2. The van der Waals surface area contributed by atoms with Gasteiger partial charge in [-0.1, -0.05) is 19.9 Å². The first-order valence-corrected chi connectivity index (χ1v) is 3.36. The molecule has 0 aromatic rings. The summed E-state index contributed by atoms with van der Waals surface area (Å²) in [6, 6.07) is 0. The molecule has 0 bridgehead atoms. The van der Waals surface area contributed by atoms with Crippen molar-refractivity contribution in [2.45, 2.75) is 19.8 Å². The molecule has 0 rings (SSSR count). The Morgan fingerprint density at radius 3 is 2.60 bits per heavy atom. The van der Waals surface area contributed by atoms with Gasteiger partial charge in [-0.25, -0.2) is 4.79 Å². The number of hydrogen-bond donors (Lipinski definition) is 0. The molecule has 0 saturated heterocycles. The molecule has 1 radical (unpaired) electrons. The molecular weight excluding hydrogens is 128 g/mol. The van der Waals surface area contributed by atoms with Crippen LogP contribution in [-0.4, -0.2) is 12.6 Å². The summed E-state index contributed by atoms with van der Waals surface area (Å²) >= 11 is 0. The third kappa shape index (κ3) is 4.13. The van der Waals surface area contributed by atoms with Crippen LogP contribution in [0.3, 0.4) is 0 Å². The predicted molar refractivity (Wildman–Crippen MR) is 40.4 cm³/mol. The molecule has 2 heteroatoms. The van der Waals surface area contributed by atoms with Gasteiger partial charge in [-0.2, -0.15) is 0 Å². The predicted octanol–water partition coefficient (Wildman–Crippen LogP) is 1.72. The summed E-state index contributed by atoms with van der Waals surface area (Å²) in [6.07, 6.45) is 1.93. The van der Waals surface area contributed by atoms with E-state index in [1.807, 2.05) is 6.92 Å². The van der Waals surface area contributed by atoms with Crippen molar-refractivity contribution in [2.75, 3.05) is 6.61 Å². The fourth-order valence-electron chi connectivity index (χ4n) is 0.411.